The number of nitrogens with zero attached hydrogens (tertiary/aromatic N) is 1. The molecule has 1 heterocycles. The first-order valence-electron chi connectivity index (χ1n) is 5.96. The van der Waals surface area contributed by atoms with Crippen molar-refractivity contribution in [1.29, 1.82) is 0 Å². The van der Waals surface area contributed by atoms with Crippen molar-refractivity contribution >= 4 is 0 Å². The zero-order valence-corrected chi connectivity index (χ0v) is 9.98. The van der Waals surface area contributed by atoms with Crippen LogP contribution in [0.3, 0.4) is 0 Å². The van der Waals surface area contributed by atoms with Gasteiger partial charge in [-0.1, -0.05) is 6.92 Å². The lowest BCUT2D eigenvalue weighted by molar-refractivity contribution is -0.185. The fourth-order valence-corrected chi connectivity index (χ4v) is 2.15. The largest absolute Gasteiger partial charge is 0.391 e. The molecule has 0 spiro atoms. The molecule has 1 aliphatic rings. The van der Waals surface area contributed by atoms with E-state index in [0.717, 1.165) is 13.1 Å². The molecule has 0 saturated carbocycles. The number of rotatable bonds is 4. The number of halogens is 3. The van der Waals surface area contributed by atoms with Crippen LogP contribution in [-0.4, -0.2) is 43.3 Å². The molecule has 16 heavy (non-hydrogen) atoms. The van der Waals surface area contributed by atoms with Gasteiger partial charge in [-0.05, 0) is 39.4 Å². The zero-order chi connectivity index (χ0) is 12.2. The summed E-state index contributed by atoms with van der Waals surface area (Å²) in [5.41, 5.74) is 0. The Hall–Kier alpha value is -0.290. The quantitative estimate of drug-likeness (QED) is 0.808. The zero-order valence-electron chi connectivity index (χ0n) is 9.98. The fourth-order valence-electron chi connectivity index (χ4n) is 2.15. The van der Waals surface area contributed by atoms with Crippen molar-refractivity contribution < 1.29 is 13.2 Å². The minimum Gasteiger partial charge on any atom is -0.315 e. The Morgan fingerprint density at radius 3 is 2.31 bits per heavy atom. The first-order chi connectivity index (χ1) is 7.45. The molecule has 0 aromatic rings. The summed E-state index contributed by atoms with van der Waals surface area (Å²) in [6, 6.07) is 0.328. The average Bonchev–Trinajstić information content (AvgIpc) is 2.25. The molecule has 0 aromatic carbocycles. The molecule has 1 atom stereocenters. The van der Waals surface area contributed by atoms with E-state index in [9.17, 15) is 13.2 Å². The Balaban J connectivity index is 2.31. The molecule has 1 rings (SSSR count). The second-order valence-electron chi connectivity index (χ2n) is 4.51. The maximum Gasteiger partial charge on any atom is 0.391 e. The molecule has 1 aliphatic heterocycles. The highest BCUT2D eigenvalue weighted by molar-refractivity contribution is 4.80. The molecule has 1 fully saturated rings. The van der Waals surface area contributed by atoms with Gasteiger partial charge in [0.05, 0.1) is 5.92 Å². The summed E-state index contributed by atoms with van der Waals surface area (Å²) in [5.74, 6) is -1.09. The summed E-state index contributed by atoms with van der Waals surface area (Å²) < 4.78 is 37.3. The number of likely N-dealkylation sites (N-methyl/N-ethyl adjacent to an activating group) is 1. The summed E-state index contributed by atoms with van der Waals surface area (Å²) in [6.07, 6.45) is -3.50. The van der Waals surface area contributed by atoms with E-state index in [1.54, 1.807) is 0 Å². The van der Waals surface area contributed by atoms with Gasteiger partial charge in [0, 0.05) is 12.6 Å². The lowest BCUT2D eigenvalue weighted by Gasteiger charge is -2.36. The third-order valence-corrected chi connectivity index (χ3v) is 3.31. The van der Waals surface area contributed by atoms with Crippen LogP contribution < -0.4 is 5.32 Å². The van der Waals surface area contributed by atoms with Crippen molar-refractivity contribution in [3.63, 3.8) is 0 Å². The standard InChI is InChI=1S/C11H21F3N2/c1-3-15-8-9(2)16-6-4-10(5-7-16)11(12,13)14/h9-10,15H,3-8H2,1-2H3. The third-order valence-electron chi connectivity index (χ3n) is 3.31. The van der Waals surface area contributed by atoms with Crippen LogP contribution in [0.1, 0.15) is 26.7 Å². The van der Waals surface area contributed by atoms with Gasteiger partial charge in [0.2, 0.25) is 0 Å². The van der Waals surface area contributed by atoms with Crippen LogP contribution in [0.5, 0.6) is 0 Å². The topological polar surface area (TPSA) is 15.3 Å². The second kappa shape index (κ2) is 5.87. The van der Waals surface area contributed by atoms with Crippen LogP contribution in [0.4, 0.5) is 13.2 Å². The van der Waals surface area contributed by atoms with E-state index < -0.39 is 12.1 Å². The Kier molecular flexibility index (Phi) is 5.05. The summed E-state index contributed by atoms with van der Waals surface area (Å²) in [6.45, 7) is 6.99. The van der Waals surface area contributed by atoms with Crippen molar-refractivity contribution in [2.24, 2.45) is 5.92 Å². The van der Waals surface area contributed by atoms with Gasteiger partial charge in [-0.25, -0.2) is 0 Å². The van der Waals surface area contributed by atoms with E-state index in [1.807, 2.05) is 6.92 Å². The SMILES string of the molecule is CCNCC(C)N1CCC(C(F)(F)F)CC1. The molecular weight excluding hydrogens is 217 g/mol. The molecule has 0 aromatic heterocycles. The van der Waals surface area contributed by atoms with Crippen molar-refractivity contribution in [2.75, 3.05) is 26.2 Å². The predicted molar refractivity (Wildman–Crippen MR) is 58.4 cm³/mol. The van der Waals surface area contributed by atoms with E-state index in [1.165, 1.54) is 0 Å². The summed E-state index contributed by atoms with van der Waals surface area (Å²) in [7, 11) is 0. The minimum absolute atomic E-state index is 0.250. The van der Waals surface area contributed by atoms with Crippen LogP contribution in [-0.2, 0) is 0 Å². The highest BCUT2D eigenvalue weighted by atomic mass is 19.4. The normalized spacial score (nSPS) is 22.3. The molecule has 1 N–H and O–H groups in total. The highest BCUT2D eigenvalue weighted by Crippen LogP contribution is 2.34. The third kappa shape index (κ3) is 3.94. The van der Waals surface area contributed by atoms with E-state index in [0.29, 0.717) is 19.1 Å². The molecule has 5 heteroatoms. The summed E-state index contributed by atoms with van der Waals surface area (Å²) in [5, 5.41) is 3.22. The maximum absolute atomic E-state index is 12.4. The number of piperidine rings is 1. The van der Waals surface area contributed by atoms with E-state index in [2.05, 4.69) is 17.1 Å². The van der Waals surface area contributed by atoms with Gasteiger partial charge in [-0.2, -0.15) is 13.2 Å². The Morgan fingerprint density at radius 2 is 1.88 bits per heavy atom. The van der Waals surface area contributed by atoms with Gasteiger partial charge in [0.25, 0.3) is 0 Å². The number of hydrogen-bond donors (Lipinski definition) is 1. The van der Waals surface area contributed by atoms with Gasteiger partial charge in [-0.15, -0.1) is 0 Å². The predicted octanol–water partition coefficient (Wildman–Crippen LogP) is 2.26. The van der Waals surface area contributed by atoms with Crippen molar-refractivity contribution in [3.8, 4) is 0 Å². The van der Waals surface area contributed by atoms with Gasteiger partial charge >= 0.3 is 6.18 Å². The number of hydrogen-bond acceptors (Lipinski definition) is 2. The molecule has 1 saturated heterocycles. The summed E-state index contributed by atoms with van der Waals surface area (Å²) >= 11 is 0. The Bertz CT molecular complexity index is 198. The first-order valence-corrected chi connectivity index (χ1v) is 5.96. The van der Waals surface area contributed by atoms with Crippen molar-refractivity contribution in [1.82, 2.24) is 10.2 Å². The second-order valence-corrected chi connectivity index (χ2v) is 4.51. The number of nitrogens with one attached hydrogen (secondary N) is 1. The van der Waals surface area contributed by atoms with Crippen LogP contribution in [0.2, 0.25) is 0 Å². The number of likely N-dealkylation sites (tertiary alicyclic amines) is 1. The van der Waals surface area contributed by atoms with E-state index >= 15 is 0 Å². The van der Waals surface area contributed by atoms with Crippen molar-refractivity contribution in [2.45, 2.75) is 38.9 Å². The number of alkyl halides is 3. The molecule has 0 amide bonds. The molecule has 0 aliphatic carbocycles. The molecule has 1 unspecified atom stereocenters. The highest BCUT2D eigenvalue weighted by Gasteiger charge is 2.41. The van der Waals surface area contributed by atoms with Gasteiger partial charge in [0.1, 0.15) is 0 Å². The first kappa shape index (κ1) is 13.8. The molecule has 96 valence electrons. The Morgan fingerprint density at radius 1 is 1.31 bits per heavy atom. The van der Waals surface area contributed by atoms with Crippen LogP contribution in [0.15, 0.2) is 0 Å². The lowest BCUT2D eigenvalue weighted by Crippen LogP contribution is -2.46. The molecule has 0 bridgehead atoms. The minimum atomic E-state index is -4.00. The molecular formula is C11H21F3N2. The van der Waals surface area contributed by atoms with Gasteiger partial charge in [0.15, 0.2) is 0 Å². The van der Waals surface area contributed by atoms with Crippen molar-refractivity contribution in [3.05, 3.63) is 0 Å². The smallest absolute Gasteiger partial charge is 0.315 e. The fraction of sp³-hybridized carbons (Fsp3) is 1.00. The van der Waals surface area contributed by atoms with Gasteiger partial charge in [-0.3, -0.25) is 4.90 Å². The maximum atomic E-state index is 12.4. The van der Waals surface area contributed by atoms with Gasteiger partial charge < -0.3 is 5.32 Å². The summed E-state index contributed by atoms with van der Waals surface area (Å²) in [4.78, 5) is 2.14. The average molecular weight is 238 g/mol. The van der Waals surface area contributed by atoms with E-state index in [4.69, 9.17) is 0 Å². The van der Waals surface area contributed by atoms with Crippen LogP contribution >= 0.6 is 0 Å². The van der Waals surface area contributed by atoms with Crippen LogP contribution in [0.25, 0.3) is 0 Å². The monoisotopic (exact) mass is 238 g/mol. The lowest BCUT2D eigenvalue weighted by atomic mass is 9.95. The molecule has 0 radical (unpaired) electrons. The molecule has 2 nitrogen and oxygen atoms in total. The van der Waals surface area contributed by atoms with E-state index in [-0.39, 0.29) is 12.8 Å². The Labute approximate surface area is 95.2 Å². The van der Waals surface area contributed by atoms with Crippen LogP contribution in [0, 0.1) is 5.92 Å².